The number of para-hydroxylation sites is 1. The van der Waals surface area contributed by atoms with Crippen LogP contribution in [0.15, 0.2) is 30.3 Å². The van der Waals surface area contributed by atoms with E-state index in [1.54, 1.807) is 0 Å². The zero-order chi connectivity index (χ0) is 15.3. The molecule has 2 atom stereocenters. The molecule has 1 aromatic carbocycles. The van der Waals surface area contributed by atoms with Crippen LogP contribution >= 0.6 is 0 Å². The average Bonchev–Trinajstić information content (AvgIpc) is 2.52. The average molecular weight is 290 g/mol. The van der Waals surface area contributed by atoms with E-state index < -0.39 is 0 Å². The molecular formula is C18H30N2O. The van der Waals surface area contributed by atoms with Gasteiger partial charge in [0.2, 0.25) is 0 Å². The predicted octanol–water partition coefficient (Wildman–Crippen LogP) is 3.31. The molecule has 1 N–H and O–H groups in total. The van der Waals surface area contributed by atoms with E-state index in [2.05, 4.69) is 37.9 Å². The quantitative estimate of drug-likeness (QED) is 0.870. The van der Waals surface area contributed by atoms with Gasteiger partial charge in [-0.15, -0.1) is 0 Å². The molecule has 1 fully saturated rings. The molecule has 1 aliphatic heterocycles. The maximum absolute atomic E-state index is 5.89. The molecule has 0 bridgehead atoms. The molecule has 0 amide bonds. The molecule has 0 aliphatic carbocycles. The number of hydrogen-bond donors (Lipinski definition) is 1. The summed E-state index contributed by atoms with van der Waals surface area (Å²) in [6.45, 7) is 13.1. The molecule has 21 heavy (non-hydrogen) atoms. The second kappa shape index (κ2) is 6.80. The van der Waals surface area contributed by atoms with Crippen LogP contribution in [-0.2, 0) is 0 Å². The second-order valence-electron chi connectivity index (χ2n) is 6.70. The first-order valence-electron chi connectivity index (χ1n) is 8.19. The van der Waals surface area contributed by atoms with E-state index in [-0.39, 0.29) is 11.1 Å². The molecule has 1 aliphatic rings. The maximum Gasteiger partial charge on any atom is 0.119 e. The van der Waals surface area contributed by atoms with Gasteiger partial charge in [0.1, 0.15) is 12.4 Å². The van der Waals surface area contributed by atoms with Crippen molar-refractivity contribution in [2.45, 2.75) is 51.6 Å². The summed E-state index contributed by atoms with van der Waals surface area (Å²) in [6.07, 6.45) is 2.31. The fourth-order valence-corrected chi connectivity index (χ4v) is 2.91. The van der Waals surface area contributed by atoms with Gasteiger partial charge in [-0.2, -0.15) is 0 Å². The Kier molecular flexibility index (Phi) is 5.28. The van der Waals surface area contributed by atoms with E-state index >= 15 is 0 Å². The third-order valence-electron chi connectivity index (χ3n) is 5.11. The van der Waals surface area contributed by atoms with Crippen molar-refractivity contribution < 1.29 is 4.74 Å². The van der Waals surface area contributed by atoms with E-state index in [0.717, 1.165) is 44.8 Å². The van der Waals surface area contributed by atoms with Crippen molar-refractivity contribution in [3.63, 3.8) is 0 Å². The summed E-state index contributed by atoms with van der Waals surface area (Å²) in [5, 5.41) is 3.74. The zero-order valence-corrected chi connectivity index (χ0v) is 14.0. The van der Waals surface area contributed by atoms with Gasteiger partial charge in [-0.1, -0.05) is 32.0 Å². The Morgan fingerprint density at radius 3 is 2.48 bits per heavy atom. The highest BCUT2D eigenvalue weighted by atomic mass is 16.5. The minimum Gasteiger partial charge on any atom is -0.492 e. The molecule has 2 rings (SSSR count). The van der Waals surface area contributed by atoms with Crippen LogP contribution in [0.3, 0.4) is 0 Å². The van der Waals surface area contributed by atoms with Gasteiger partial charge in [-0.3, -0.25) is 4.90 Å². The second-order valence-corrected chi connectivity index (χ2v) is 6.70. The summed E-state index contributed by atoms with van der Waals surface area (Å²) in [5.74, 6) is 0.962. The molecule has 0 radical (unpaired) electrons. The summed E-state index contributed by atoms with van der Waals surface area (Å²) in [4.78, 5) is 2.61. The number of benzene rings is 1. The minimum atomic E-state index is 0.224. The van der Waals surface area contributed by atoms with Gasteiger partial charge in [-0.05, 0) is 38.8 Å². The molecule has 1 saturated heterocycles. The molecule has 0 spiro atoms. The molecule has 118 valence electrons. The van der Waals surface area contributed by atoms with Crippen LogP contribution in [0.1, 0.15) is 40.5 Å². The van der Waals surface area contributed by atoms with Gasteiger partial charge in [0.25, 0.3) is 0 Å². The first kappa shape index (κ1) is 16.3. The van der Waals surface area contributed by atoms with Crippen molar-refractivity contribution in [1.82, 2.24) is 10.2 Å². The Morgan fingerprint density at radius 2 is 1.86 bits per heavy atom. The molecule has 1 aromatic rings. The lowest BCUT2D eigenvalue weighted by Crippen LogP contribution is -2.68. The van der Waals surface area contributed by atoms with Gasteiger partial charge in [-0.25, -0.2) is 0 Å². The Hall–Kier alpha value is -1.06. The normalized spacial score (nSPS) is 30.3. The van der Waals surface area contributed by atoms with E-state index in [9.17, 15) is 0 Å². The third kappa shape index (κ3) is 3.98. The SMILES string of the molecule is CCC1(C)CN(CCOc2ccccc2)C(C)(CC)CN1. The largest absolute Gasteiger partial charge is 0.492 e. The molecule has 3 nitrogen and oxygen atoms in total. The fourth-order valence-electron chi connectivity index (χ4n) is 2.91. The molecule has 0 saturated carbocycles. The molecule has 2 unspecified atom stereocenters. The van der Waals surface area contributed by atoms with Gasteiger partial charge in [0.15, 0.2) is 0 Å². The standard InChI is InChI=1S/C18H30N2O/c1-5-17(3)15-20(18(4,6-2)14-19-17)12-13-21-16-10-8-7-9-11-16/h7-11,19H,5-6,12-15H2,1-4H3. The highest BCUT2D eigenvalue weighted by molar-refractivity contribution is 5.20. The van der Waals surface area contributed by atoms with E-state index in [0.29, 0.717) is 0 Å². The van der Waals surface area contributed by atoms with Crippen molar-refractivity contribution in [3.05, 3.63) is 30.3 Å². The van der Waals surface area contributed by atoms with E-state index in [4.69, 9.17) is 4.74 Å². The highest BCUT2D eigenvalue weighted by Gasteiger charge is 2.40. The van der Waals surface area contributed by atoms with E-state index in [1.165, 1.54) is 0 Å². The molecule has 3 heteroatoms. The maximum atomic E-state index is 5.89. The van der Waals surface area contributed by atoms with Gasteiger partial charge in [0.05, 0.1) is 0 Å². The summed E-state index contributed by atoms with van der Waals surface area (Å²) >= 11 is 0. The first-order valence-corrected chi connectivity index (χ1v) is 8.19. The molecule has 1 heterocycles. The number of nitrogens with zero attached hydrogens (tertiary/aromatic N) is 1. The highest BCUT2D eigenvalue weighted by Crippen LogP contribution is 2.28. The van der Waals surface area contributed by atoms with Crippen LogP contribution in [0.2, 0.25) is 0 Å². The van der Waals surface area contributed by atoms with Crippen molar-refractivity contribution in [1.29, 1.82) is 0 Å². The smallest absolute Gasteiger partial charge is 0.119 e. The van der Waals surface area contributed by atoms with Gasteiger partial charge in [0, 0.05) is 30.7 Å². The van der Waals surface area contributed by atoms with Crippen molar-refractivity contribution >= 4 is 0 Å². The van der Waals surface area contributed by atoms with Gasteiger partial charge >= 0.3 is 0 Å². The number of rotatable bonds is 6. The first-order chi connectivity index (χ1) is 10.0. The van der Waals surface area contributed by atoms with Crippen LogP contribution in [0.25, 0.3) is 0 Å². The number of hydrogen-bond acceptors (Lipinski definition) is 3. The Bertz CT molecular complexity index is 436. The lowest BCUT2D eigenvalue weighted by Gasteiger charge is -2.52. The Balaban J connectivity index is 1.94. The van der Waals surface area contributed by atoms with Crippen molar-refractivity contribution in [2.75, 3.05) is 26.2 Å². The van der Waals surface area contributed by atoms with Crippen molar-refractivity contribution in [3.8, 4) is 5.75 Å². The predicted molar refractivity (Wildman–Crippen MR) is 88.9 cm³/mol. The fraction of sp³-hybridized carbons (Fsp3) is 0.667. The summed E-state index contributed by atoms with van der Waals surface area (Å²) in [7, 11) is 0. The Morgan fingerprint density at radius 1 is 1.14 bits per heavy atom. The number of piperazine rings is 1. The molecule has 0 aromatic heterocycles. The van der Waals surface area contributed by atoms with Crippen LogP contribution in [0.5, 0.6) is 5.75 Å². The van der Waals surface area contributed by atoms with Crippen molar-refractivity contribution in [2.24, 2.45) is 0 Å². The van der Waals surface area contributed by atoms with Crippen LogP contribution in [-0.4, -0.2) is 42.2 Å². The lowest BCUT2D eigenvalue weighted by molar-refractivity contribution is 0.00848. The minimum absolute atomic E-state index is 0.224. The summed E-state index contributed by atoms with van der Waals surface area (Å²) < 4.78 is 5.89. The zero-order valence-electron chi connectivity index (χ0n) is 14.0. The Labute approximate surface area is 129 Å². The topological polar surface area (TPSA) is 24.5 Å². The van der Waals surface area contributed by atoms with Crippen LogP contribution in [0.4, 0.5) is 0 Å². The lowest BCUT2D eigenvalue weighted by atomic mass is 9.86. The van der Waals surface area contributed by atoms with Crippen LogP contribution in [0, 0.1) is 0 Å². The number of nitrogens with one attached hydrogen (secondary N) is 1. The van der Waals surface area contributed by atoms with Crippen LogP contribution < -0.4 is 10.1 Å². The summed E-state index contributed by atoms with van der Waals surface area (Å²) in [5.41, 5.74) is 0.455. The summed E-state index contributed by atoms with van der Waals surface area (Å²) in [6, 6.07) is 10.1. The van der Waals surface area contributed by atoms with E-state index in [1.807, 2.05) is 30.3 Å². The monoisotopic (exact) mass is 290 g/mol. The molecular weight excluding hydrogens is 260 g/mol. The number of ether oxygens (including phenoxy) is 1. The van der Waals surface area contributed by atoms with Gasteiger partial charge < -0.3 is 10.1 Å². The third-order valence-corrected chi connectivity index (χ3v) is 5.11.